The Morgan fingerprint density at radius 2 is 1.61 bits per heavy atom. The summed E-state index contributed by atoms with van der Waals surface area (Å²) in [4.78, 5) is 23.9. The van der Waals surface area contributed by atoms with E-state index in [9.17, 15) is 9.59 Å². The molecule has 0 fully saturated rings. The Bertz CT molecular complexity index is 676. The summed E-state index contributed by atoms with van der Waals surface area (Å²) in [5, 5.41) is 0. The normalized spacial score (nSPS) is 10.0. The van der Waals surface area contributed by atoms with E-state index in [1.54, 1.807) is 55.6 Å². The van der Waals surface area contributed by atoms with Gasteiger partial charge in [-0.1, -0.05) is 24.3 Å². The average molecular weight is 314 g/mol. The van der Waals surface area contributed by atoms with Crippen molar-refractivity contribution in [2.75, 3.05) is 20.8 Å². The van der Waals surface area contributed by atoms with Crippen molar-refractivity contribution in [2.24, 2.45) is 0 Å². The van der Waals surface area contributed by atoms with Gasteiger partial charge in [0.05, 0.1) is 26.2 Å². The third-order valence-corrected chi connectivity index (χ3v) is 3.28. The second kappa shape index (κ2) is 7.98. The van der Waals surface area contributed by atoms with Gasteiger partial charge in [-0.25, -0.2) is 0 Å². The van der Waals surface area contributed by atoms with Crippen LogP contribution in [-0.4, -0.2) is 32.6 Å². The van der Waals surface area contributed by atoms with E-state index in [0.29, 0.717) is 17.1 Å². The zero-order valence-corrected chi connectivity index (χ0v) is 13.1. The van der Waals surface area contributed by atoms with Crippen LogP contribution in [0, 0.1) is 0 Å². The molecule has 0 bridgehead atoms. The summed E-state index contributed by atoms with van der Waals surface area (Å²) in [5.41, 5.74) is 1.19. The fourth-order valence-corrected chi connectivity index (χ4v) is 2.06. The maximum atomic E-state index is 12.1. The molecular weight excluding hydrogens is 296 g/mol. The molecule has 0 atom stereocenters. The first-order chi connectivity index (χ1) is 11.1. The van der Waals surface area contributed by atoms with Crippen LogP contribution in [0.1, 0.15) is 15.9 Å². The van der Waals surface area contributed by atoms with Gasteiger partial charge in [-0.05, 0) is 29.8 Å². The lowest BCUT2D eigenvalue weighted by atomic mass is 10.1. The maximum Gasteiger partial charge on any atom is 0.310 e. The molecule has 0 N–H and O–H groups in total. The van der Waals surface area contributed by atoms with E-state index in [1.807, 2.05) is 0 Å². The van der Waals surface area contributed by atoms with E-state index in [1.165, 1.54) is 7.11 Å². The van der Waals surface area contributed by atoms with Crippen LogP contribution in [0.5, 0.6) is 11.5 Å². The molecule has 23 heavy (non-hydrogen) atoms. The number of hydrogen-bond donors (Lipinski definition) is 0. The topological polar surface area (TPSA) is 61.8 Å². The minimum absolute atomic E-state index is 0.100. The Kier molecular flexibility index (Phi) is 5.74. The number of carbonyl (C=O) groups excluding carboxylic acids is 2. The highest BCUT2D eigenvalue weighted by atomic mass is 16.5. The molecule has 0 aliphatic rings. The second-order valence-corrected chi connectivity index (χ2v) is 4.81. The van der Waals surface area contributed by atoms with Gasteiger partial charge in [0.2, 0.25) is 5.78 Å². The highest BCUT2D eigenvalue weighted by Gasteiger charge is 2.14. The molecule has 0 radical (unpaired) electrons. The Balaban J connectivity index is 1.89. The number of ether oxygens (including phenoxy) is 3. The van der Waals surface area contributed by atoms with E-state index in [4.69, 9.17) is 14.2 Å². The maximum absolute atomic E-state index is 12.1. The summed E-state index contributed by atoms with van der Waals surface area (Å²) in [7, 11) is 3.06. The van der Waals surface area contributed by atoms with Crippen LogP contribution in [-0.2, 0) is 16.0 Å². The van der Waals surface area contributed by atoms with Crippen LogP contribution in [0.2, 0.25) is 0 Å². The zero-order valence-electron chi connectivity index (χ0n) is 13.1. The van der Waals surface area contributed by atoms with Gasteiger partial charge in [0.1, 0.15) is 11.5 Å². The predicted molar refractivity (Wildman–Crippen MR) is 85.0 cm³/mol. The molecular formula is C18H18O5. The minimum Gasteiger partial charge on any atom is -0.497 e. The Hall–Kier alpha value is -2.82. The van der Waals surface area contributed by atoms with E-state index >= 15 is 0 Å². The Labute approximate surface area is 134 Å². The van der Waals surface area contributed by atoms with Crippen LogP contribution < -0.4 is 9.47 Å². The molecule has 0 amide bonds. The van der Waals surface area contributed by atoms with Gasteiger partial charge >= 0.3 is 5.97 Å². The number of methoxy groups -OCH3 is 2. The van der Waals surface area contributed by atoms with Crippen molar-refractivity contribution < 1.29 is 23.8 Å². The molecule has 0 aliphatic carbocycles. The summed E-state index contributed by atoms with van der Waals surface area (Å²) < 4.78 is 15.2. The molecule has 5 nitrogen and oxygen atoms in total. The largest absolute Gasteiger partial charge is 0.497 e. The van der Waals surface area contributed by atoms with Crippen LogP contribution in [0.3, 0.4) is 0 Å². The van der Waals surface area contributed by atoms with E-state index in [-0.39, 0.29) is 18.8 Å². The van der Waals surface area contributed by atoms with Gasteiger partial charge in [0, 0.05) is 0 Å². The molecule has 0 saturated heterocycles. The standard InChI is InChI=1S/C18H18O5/c1-21-14-9-7-13(8-10-14)11-18(20)23-12-16(19)15-5-3-4-6-17(15)22-2/h3-10H,11-12H2,1-2H3. The van der Waals surface area contributed by atoms with E-state index < -0.39 is 5.97 Å². The molecule has 120 valence electrons. The van der Waals surface area contributed by atoms with Gasteiger partial charge in [0.25, 0.3) is 0 Å². The van der Waals surface area contributed by atoms with Crippen LogP contribution in [0.4, 0.5) is 0 Å². The lowest BCUT2D eigenvalue weighted by Gasteiger charge is -2.08. The highest BCUT2D eigenvalue weighted by molar-refractivity contribution is 6.00. The van der Waals surface area contributed by atoms with Crippen molar-refractivity contribution >= 4 is 11.8 Å². The van der Waals surface area contributed by atoms with Crippen molar-refractivity contribution in [1.82, 2.24) is 0 Å². The number of para-hydroxylation sites is 1. The molecule has 2 aromatic rings. The molecule has 0 aromatic heterocycles. The van der Waals surface area contributed by atoms with Gasteiger partial charge in [-0.15, -0.1) is 0 Å². The van der Waals surface area contributed by atoms with Crippen molar-refractivity contribution in [2.45, 2.75) is 6.42 Å². The SMILES string of the molecule is COc1ccc(CC(=O)OCC(=O)c2ccccc2OC)cc1. The summed E-state index contributed by atoms with van der Waals surface area (Å²) >= 11 is 0. The number of esters is 1. The van der Waals surface area contributed by atoms with Gasteiger partial charge in [-0.2, -0.15) is 0 Å². The fourth-order valence-electron chi connectivity index (χ4n) is 2.06. The van der Waals surface area contributed by atoms with Gasteiger partial charge in [-0.3, -0.25) is 9.59 Å². The summed E-state index contributed by atoms with van der Waals surface area (Å²) in [6.07, 6.45) is 0.100. The van der Waals surface area contributed by atoms with Gasteiger partial charge in [0.15, 0.2) is 6.61 Å². The molecule has 0 aliphatic heterocycles. The summed E-state index contributed by atoms with van der Waals surface area (Å²) in [6.45, 7) is -0.310. The van der Waals surface area contributed by atoms with Crippen molar-refractivity contribution in [3.8, 4) is 11.5 Å². The number of hydrogen-bond acceptors (Lipinski definition) is 5. The molecule has 0 saturated carbocycles. The smallest absolute Gasteiger partial charge is 0.310 e. The first kappa shape index (κ1) is 16.5. The van der Waals surface area contributed by atoms with Crippen LogP contribution in [0.15, 0.2) is 48.5 Å². The lowest BCUT2D eigenvalue weighted by Crippen LogP contribution is -2.16. The number of Topliss-reactive ketones (excluding diaryl/α,β-unsaturated/α-hetero) is 1. The summed E-state index contributed by atoms with van der Waals surface area (Å²) in [5.74, 6) is 0.418. The number of ketones is 1. The second-order valence-electron chi connectivity index (χ2n) is 4.81. The quantitative estimate of drug-likeness (QED) is 0.581. The number of benzene rings is 2. The minimum atomic E-state index is -0.460. The van der Waals surface area contributed by atoms with Crippen molar-refractivity contribution in [3.05, 3.63) is 59.7 Å². The van der Waals surface area contributed by atoms with Crippen molar-refractivity contribution in [3.63, 3.8) is 0 Å². The highest BCUT2D eigenvalue weighted by Crippen LogP contribution is 2.18. The average Bonchev–Trinajstić information content (AvgIpc) is 2.60. The van der Waals surface area contributed by atoms with E-state index in [0.717, 1.165) is 5.56 Å². The van der Waals surface area contributed by atoms with Crippen LogP contribution in [0.25, 0.3) is 0 Å². The third kappa shape index (κ3) is 4.57. The Morgan fingerprint density at radius 3 is 2.26 bits per heavy atom. The predicted octanol–water partition coefficient (Wildman–Crippen LogP) is 2.67. The first-order valence-corrected chi connectivity index (χ1v) is 7.09. The Morgan fingerprint density at radius 1 is 0.913 bits per heavy atom. The van der Waals surface area contributed by atoms with Crippen molar-refractivity contribution in [1.29, 1.82) is 0 Å². The molecule has 0 heterocycles. The molecule has 5 heteroatoms. The lowest BCUT2D eigenvalue weighted by molar-refractivity contribution is -0.141. The number of carbonyl (C=O) groups is 2. The third-order valence-electron chi connectivity index (χ3n) is 3.28. The molecule has 0 spiro atoms. The fraction of sp³-hybridized carbons (Fsp3) is 0.222. The summed E-state index contributed by atoms with van der Waals surface area (Å²) in [6, 6.07) is 13.9. The number of rotatable bonds is 7. The van der Waals surface area contributed by atoms with E-state index in [2.05, 4.69) is 0 Å². The first-order valence-electron chi connectivity index (χ1n) is 7.09. The molecule has 0 unspecified atom stereocenters. The monoisotopic (exact) mass is 314 g/mol. The molecule has 2 rings (SSSR count). The molecule has 2 aromatic carbocycles. The van der Waals surface area contributed by atoms with Gasteiger partial charge < -0.3 is 14.2 Å². The zero-order chi connectivity index (χ0) is 16.7. The van der Waals surface area contributed by atoms with Crippen LogP contribution >= 0.6 is 0 Å².